The molecule has 0 saturated carbocycles. The summed E-state index contributed by atoms with van der Waals surface area (Å²) in [6, 6.07) is 14.9. The van der Waals surface area contributed by atoms with Gasteiger partial charge in [0.05, 0.1) is 14.1 Å². The minimum Gasteiger partial charge on any atom is -0.329 e. The fraction of sp³-hybridized carbons (Fsp3) is 0.0769. The quantitative estimate of drug-likeness (QED) is 0.737. The van der Waals surface area contributed by atoms with E-state index in [0.717, 1.165) is 11.1 Å². The van der Waals surface area contributed by atoms with Crippen molar-refractivity contribution in [3.05, 3.63) is 69.7 Å². The highest BCUT2D eigenvalue weighted by Gasteiger charge is 2.17. The van der Waals surface area contributed by atoms with Crippen molar-refractivity contribution in [3.63, 3.8) is 0 Å². The summed E-state index contributed by atoms with van der Waals surface area (Å²) in [4.78, 5) is 0. The van der Waals surface area contributed by atoms with Crippen LogP contribution >= 0.6 is 31.7 Å². The molecule has 0 fully saturated rings. The molecule has 0 aliphatic rings. The Balaban J connectivity index is 2.52. The molecular weight excluding hydrogens is 274 g/mol. The molecule has 2 aromatic carbocycles. The van der Waals surface area contributed by atoms with Crippen LogP contribution < -0.4 is 0 Å². The van der Waals surface area contributed by atoms with E-state index in [4.69, 9.17) is 23.2 Å². The van der Waals surface area contributed by atoms with E-state index < -0.39 is 8.46 Å². The number of rotatable bonds is 3. The van der Waals surface area contributed by atoms with E-state index in [9.17, 15) is 4.57 Å². The van der Waals surface area contributed by atoms with Gasteiger partial charge in [0.25, 0.3) is 0 Å². The zero-order valence-electron chi connectivity index (χ0n) is 8.94. The Bertz CT molecular complexity index is 497. The Morgan fingerprint density at radius 1 is 0.824 bits per heavy atom. The maximum absolute atomic E-state index is 11.5. The molecule has 0 N–H and O–H groups in total. The molecule has 88 valence electrons. The van der Waals surface area contributed by atoms with Crippen LogP contribution in [0.4, 0.5) is 0 Å². The molecule has 17 heavy (non-hydrogen) atoms. The molecular formula is C13H11Cl2OP. The first-order chi connectivity index (χ1) is 8.24. The Labute approximate surface area is 112 Å². The lowest BCUT2D eigenvalue weighted by molar-refractivity contribution is 0.595. The Hall–Kier alpha value is -0.750. The van der Waals surface area contributed by atoms with Crippen molar-refractivity contribution in [3.8, 4) is 0 Å². The zero-order chi connectivity index (χ0) is 12.3. The van der Waals surface area contributed by atoms with Gasteiger partial charge in [-0.3, -0.25) is 0 Å². The van der Waals surface area contributed by atoms with Crippen molar-refractivity contribution < 1.29 is 4.57 Å². The SMILES string of the molecule is O=[PH2]C(c1ccccc1Cl)c1ccccc1Cl. The molecule has 0 heterocycles. The van der Waals surface area contributed by atoms with Crippen molar-refractivity contribution in [1.29, 1.82) is 0 Å². The zero-order valence-corrected chi connectivity index (χ0v) is 11.6. The molecule has 0 amide bonds. The topological polar surface area (TPSA) is 17.1 Å². The molecule has 2 rings (SSSR count). The monoisotopic (exact) mass is 284 g/mol. The Morgan fingerprint density at radius 3 is 1.59 bits per heavy atom. The third-order valence-corrected chi connectivity index (χ3v) is 4.30. The molecule has 2 aromatic rings. The van der Waals surface area contributed by atoms with Gasteiger partial charge in [0, 0.05) is 10.0 Å². The lowest BCUT2D eigenvalue weighted by Crippen LogP contribution is -1.95. The van der Waals surface area contributed by atoms with Gasteiger partial charge in [-0.15, -0.1) is 0 Å². The average Bonchev–Trinajstić information content (AvgIpc) is 2.34. The van der Waals surface area contributed by atoms with E-state index in [2.05, 4.69) is 0 Å². The highest BCUT2D eigenvalue weighted by molar-refractivity contribution is 7.24. The third-order valence-electron chi connectivity index (χ3n) is 2.62. The van der Waals surface area contributed by atoms with Gasteiger partial charge in [-0.05, 0) is 23.3 Å². The van der Waals surface area contributed by atoms with Crippen LogP contribution in [0.25, 0.3) is 0 Å². The number of hydrogen-bond acceptors (Lipinski definition) is 1. The largest absolute Gasteiger partial charge is 0.329 e. The van der Waals surface area contributed by atoms with Gasteiger partial charge in [0.1, 0.15) is 0 Å². The van der Waals surface area contributed by atoms with Crippen LogP contribution in [0.2, 0.25) is 10.0 Å². The second-order valence-electron chi connectivity index (χ2n) is 3.66. The van der Waals surface area contributed by atoms with Crippen LogP contribution in [0.5, 0.6) is 0 Å². The van der Waals surface area contributed by atoms with Gasteiger partial charge in [-0.2, -0.15) is 0 Å². The number of halogens is 2. The predicted octanol–water partition coefficient (Wildman–Crippen LogP) is 4.84. The number of hydrogen-bond donors (Lipinski definition) is 0. The van der Waals surface area contributed by atoms with E-state index >= 15 is 0 Å². The van der Waals surface area contributed by atoms with Crippen molar-refractivity contribution in [2.75, 3.05) is 0 Å². The lowest BCUT2D eigenvalue weighted by atomic mass is 10.0. The van der Waals surface area contributed by atoms with Gasteiger partial charge < -0.3 is 4.57 Å². The third kappa shape index (κ3) is 2.74. The fourth-order valence-electron chi connectivity index (χ4n) is 1.77. The maximum atomic E-state index is 11.5. The van der Waals surface area contributed by atoms with Crippen LogP contribution in [-0.4, -0.2) is 0 Å². The standard InChI is InChI=1S/C13H11Cl2OP/c14-11-7-3-1-5-9(11)13(17-16)10-6-2-4-8-12(10)15/h1-8,13H,17H2. The van der Waals surface area contributed by atoms with E-state index in [1.165, 1.54) is 0 Å². The smallest absolute Gasteiger partial charge is 0.0760 e. The summed E-state index contributed by atoms with van der Waals surface area (Å²) in [6.45, 7) is 0. The highest BCUT2D eigenvalue weighted by atomic mass is 35.5. The summed E-state index contributed by atoms with van der Waals surface area (Å²) >= 11 is 12.3. The van der Waals surface area contributed by atoms with E-state index in [-0.39, 0.29) is 5.66 Å². The first-order valence-electron chi connectivity index (χ1n) is 5.18. The fourth-order valence-corrected chi connectivity index (χ4v) is 3.36. The lowest BCUT2D eigenvalue weighted by Gasteiger charge is -2.14. The molecule has 0 saturated heterocycles. The molecule has 1 atom stereocenters. The Kier molecular flexibility index (Phi) is 4.28. The van der Waals surface area contributed by atoms with Crippen LogP contribution in [0.3, 0.4) is 0 Å². The van der Waals surface area contributed by atoms with Crippen molar-refractivity contribution in [2.45, 2.75) is 5.66 Å². The molecule has 0 spiro atoms. The molecule has 0 bridgehead atoms. The predicted molar refractivity (Wildman–Crippen MR) is 75.1 cm³/mol. The van der Waals surface area contributed by atoms with E-state index in [1.807, 2.05) is 36.4 Å². The minimum atomic E-state index is -1.03. The summed E-state index contributed by atoms with van der Waals surface area (Å²) in [7, 11) is -1.03. The van der Waals surface area contributed by atoms with Crippen molar-refractivity contribution in [2.24, 2.45) is 0 Å². The average molecular weight is 285 g/mol. The van der Waals surface area contributed by atoms with Crippen LogP contribution in [-0.2, 0) is 4.57 Å². The minimum absolute atomic E-state index is 0.211. The van der Waals surface area contributed by atoms with Crippen LogP contribution in [0.15, 0.2) is 48.5 Å². The van der Waals surface area contributed by atoms with Gasteiger partial charge >= 0.3 is 0 Å². The van der Waals surface area contributed by atoms with Crippen LogP contribution in [0, 0.1) is 0 Å². The van der Waals surface area contributed by atoms with Gasteiger partial charge in [-0.1, -0.05) is 59.6 Å². The molecule has 0 aromatic heterocycles. The molecule has 1 nitrogen and oxygen atoms in total. The molecule has 1 unspecified atom stereocenters. The molecule has 0 aliphatic carbocycles. The molecule has 0 radical (unpaired) electrons. The highest BCUT2D eigenvalue weighted by Crippen LogP contribution is 2.40. The van der Waals surface area contributed by atoms with Crippen LogP contribution in [0.1, 0.15) is 16.8 Å². The second-order valence-corrected chi connectivity index (χ2v) is 5.41. The van der Waals surface area contributed by atoms with Crippen molar-refractivity contribution in [1.82, 2.24) is 0 Å². The maximum Gasteiger partial charge on any atom is 0.0760 e. The first-order valence-corrected chi connectivity index (χ1v) is 7.07. The second kappa shape index (κ2) is 5.73. The molecule has 0 aliphatic heterocycles. The van der Waals surface area contributed by atoms with Gasteiger partial charge in [0.2, 0.25) is 0 Å². The first kappa shape index (κ1) is 12.7. The molecule has 4 heteroatoms. The Morgan fingerprint density at radius 2 is 1.24 bits per heavy atom. The van der Waals surface area contributed by atoms with Crippen molar-refractivity contribution >= 4 is 31.7 Å². The number of benzene rings is 2. The summed E-state index contributed by atoms with van der Waals surface area (Å²) in [5.41, 5.74) is 1.52. The summed E-state index contributed by atoms with van der Waals surface area (Å²) in [6.07, 6.45) is 0. The summed E-state index contributed by atoms with van der Waals surface area (Å²) in [5, 5.41) is 1.25. The van der Waals surface area contributed by atoms with E-state index in [0.29, 0.717) is 10.0 Å². The normalized spacial score (nSPS) is 11.5. The summed E-state index contributed by atoms with van der Waals surface area (Å²) in [5.74, 6) is 0. The summed E-state index contributed by atoms with van der Waals surface area (Å²) < 4.78 is 11.5. The van der Waals surface area contributed by atoms with Gasteiger partial charge in [0.15, 0.2) is 0 Å². The van der Waals surface area contributed by atoms with Gasteiger partial charge in [-0.25, -0.2) is 0 Å². The van der Waals surface area contributed by atoms with E-state index in [1.54, 1.807) is 12.1 Å².